The summed E-state index contributed by atoms with van der Waals surface area (Å²) >= 11 is 0. The van der Waals surface area contributed by atoms with Crippen molar-refractivity contribution in [1.29, 1.82) is 0 Å². The molecule has 132 valence electrons. The van der Waals surface area contributed by atoms with Crippen molar-refractivity contribution in [3.8, 4) is 5.75 Å². The summed E-state index contributed by atoms with van der Waals surface area (Å²) in [6.07, 6.45) is 5.53. The van der Waals surface area contributed by atoms with Crippen molar-refractivity contribution in [2.75, 3.05) is 26.2 Å². The van der Waals surface area contributed by atoms with Gasteiger partial charge in [0.1, 0.15) is 18.3 Å². The molecule has 0 fully saturated rings. The van der Waals surface area contributed by atoms with Crippen LogP contribution in [-0.2, 0) is 30.2 Å². The fraction of sp³-hybridized carbons (Fsp3) is 0.500. The number of hydrogen-bond donors (Lipinski definition) is 1. The molecule has 1 rings (SSSR count). The lowest BCUT2D eigenvalue weighted by molar-refractivity contribution is 0.0978. The second-order valence-corrected chi connectivity index (χ2v) is 7.73. The smallest absolute Gasteiger partial charge is 0.434 e. The maximum absolute atomic E-state index is 11.3. The molecule has 1 aromatic rings. The lowest BCUT2D eigenvalue weighted by Crippen LogP contribution is -2.11. The Balaban J connectivity index is 0.000000688. The van der Waals surface area contributed by atoms with Gasteiger partial charge in [-0.15, -0.1) is 0 Å². The maximum atomic E-state index is 11.3. The first kappa shape index (κ1) is 21.7. The first-order valence-corrected chi connectivity index (χ1v) is 10.2. The molecule has 0 saturated heterocycles. The maximum Gasteiger partial charge on any atom is 0.513 e. The van der Waals surface area contributed by atoms with E-state index < -0.39 is 16.6 Å². The van der Waals surface area contributed by atoms with Crippen LogP contribution in [0.3, 0.4) is 0 Å². The topological polar surface area (TPSA) is 99.1 Å². The largest absolute Gasteiger partial charge is 0.513 e. The molecule has 0 aromatic heterocycles. The minimum Gasteiger partial charge on any atom is -0.434 e. The van der Waals surface area contributed by atoms with Crippen molar-refractivity contribution in [3.05, 3.63) is 24.3 Å². The quantitative estimate of drug-likeness (QED) is 0.271. The molecule has 23 heavy (non-hydrogen) atoms. The Bertz CT molecular complexity index is 553. The number of unbranched alkanes of at least 4 members (excludes halogenated alkanes) is 1. The molecule has 0 aliphatic heterocycles. The van der Waals surface area contributed by atoms with Crippen molar-refractivity contribution in [1.82, 2.24) is 0 Å². The fourth-order valence-electron chi connectivity index (χ4n) is 1.21. The van der Waals surface area contributed by atoms with Crippen molar-refractivity contribution in [2.45, 2.75) is 24.7 Å². The van der Waals surface area contributed by atoms with Crippen LogP contribution in [0.2, 0.25) is 0 Å². The Hall–Kier alpha value is -1.29. The van der Waals surface area contributed by atoms with Gasteiger partial charge in [-0.05, 0) is 30.7 Å². The molecule has 1 N–H and O–H groups in total. The van der Waals surface area contributed by atoms with Crippen LogP contribution < -0.4 is 4.74 Å². The number of benzene rings is 1. The predicted molar refractivity (Wildman–Crippen MR) is 89.4 cm³/mol. The standard InChI is InChI=1S/C13H19O3S.CH4O4S/c1-4-5-10-15-13(14)16-11-6-8-12(9-7-11)17(2)3;1-5-6(2,3)4/h6-9H,4-5,10H2,1-3H3;1H3,(H,2,3,4)/q+1;. The third kappa shape index (κ3) is 11.9. The zero-order valence-corrected chi connectivity index (χ0v) is 15.3. The fourth-order valence-corrected chi connectivity index (χ4v) is 1.89. The van der Waals surface area contributed by atoms with Crippen LogP contribution in [-0.4, -0.2) is 45.4 Å². The average molecular weight is 367 g/mol. The van der Waals surface area contributed by atoms with E-state index in [0.29, 0.717) is 12.4 Å². The third-order valence-electron chi connectivity index (χ3n) is 2.42. The molecule has 1 aromatic carbocycles. The Morgan fingerprint density at radius 1 is 1.22 bits per heavy atom. The van der Waals surface area contributed by atoms with Gasteiger partial charge in [0.25, 0.3) is 0 Å². The Morgan fingerprint density at radius 2 is 1.74 bits per heavy atom. The van der Waals surface area contributed by atoms with Crippen molar-refractivity contribution >= 4 is 27.4 Å². The van der Waals surface area contributed by atoms with E-state index in [9.17, 15) is 13.2 Å². The highest BCUT2D eigenvalue weighted by atomic mass is 32.3. The van der Waals surface area contributed by atoms with E-state index in [1.165, 1.54) is 4.90 Å². The SMILES string of the molecule is CCCCOC(=O)Oc1ccc([S+](C)C)cc1.COS(=O)(=O)O. The molecule has 7 nitrogen and oxygen atoms in total. The number of carbonyl (C=O) groups excluding carboxylic acids is 1. The predicted octanol–water partition coefficient (Wildman–Crippen LogP) is 2.67. The van der Waals surface area contributed by atoms with Gasteiger partial charge in [-0.25, -0.2) is 4.79 Å². The molecule has 0 aliphatic carbocycles. The summed E-state index contributed by atoms with van der Waals surface area (Å²) in [4.78, 5) is 12.5. The molecule has 0 amide bonds. The van der Waals surface area contributed by atoms with E-state index in [1.807, 2.05) is 19.1 Å². The Morgan fingerprint density at radius 3 is 2.13 bits per heavy atom. The lowest BCUT2D eigenvalue weighted by Gasteiger charge is -2.05. The summed E-state index contributed by atoms with van der Waals surface area (Å²) in [5.74, 6) is 0.528. The van der Waals surface area contributed by atoms with Crippen LogP contribution in [0.1, 0.15) is 19.8 Å². The van der Waals surface area contributed by atoms with Crippen molar-refractivity contribution in [3.63, 3.8) is 0 Å². The lowest BCUT2D eigenvalue weighted by atomic mass is 10.3. The van der Waals surface area contributed by atoms with E-state index in [0.717, 1.165) is 20.0 Å². The summed E-state index contributed by atoms with van der Waals surface area (Å²) < 4.78 is 39.7. The van der Waals surface area contributed by atoms with E-state index in [1.54, 1.807) is 12.1 Å². The molecule has 0 spiro atoms. The molecule has 0 atom stereocenters. The van der Waals surface area contributed by atoms with Gasteiger partial charge in [0.15, 0.2) is 4.90 Å². The van der Waals surface area contributed by atoms with Crippen molar-refractivity contribution in [2.24, 2.45) is 0 Å². The Labute approximate surface area is 140 Å². The van der Waals surface area contributed by atoms with E-state index in [-0.39, 0.29) is 10.9 Å². The van der Waals surface area contributed by atoms with Crippen LogP contribution in [0.4, 0.5) is 4.79 Å². The third-order valence-corrected chi connectivity index (χ3v) is 4.06. The van der Waals surface area contributed by atoms with Crippen LogP contribution in [0, 0.1) is 0 Å². The van der Waals surface area contributed by atoms with Crippen LogP contribution >= 0.6 is 0 Å². The molecular formula is C14H23O7S2+. The average Bonchev–Trinajstić information content (AvgIpc) is 2.48. The normalized spacial score (nSPS) is 10.7. The van der Waals surface area contributed by atoms with Gasteiger partial charge in [0, 0.05) is 10.9 Å². The van der Waals surface area contributed by atoms with E-state index in [4.69, 9.17) is 14.0 Å². The van der Waals surface area contributed by atoms with Gasteiger partial charge in [-0.1, -0.05) is 13.3 Å². The summed E-state index contributed by atoms with van der Waals surface area (Å²) in [7, 11) is -3.07. The van der Waals surface area contributed by atoms with Gasteiger partial charge < -0.3 is 9.47 Å². The van der Waals surface area contributed by atoms with Crippen LogP contribution in [0.5, 0.6) is 5.75 Å². The molecule has 0 radical (unpaired) electrons. The van der Waals surface area contributed by atoms with Crippen molar-refractivity contribution < 1.29 is 31.4 Å². The van der Waals surface area contributed by atoms with Gasteiger partial charge in [0.05, 0.1) is 13.7 Å². The number of hydrogen-bond acceptors (Lipinski definition) is 6. The number of rotatable bonds is 6. The van der Waals surface area contributed by atoms with Gasteiger partial charge >= 0.3 is 16.6 Å². The van der Waals surface area contributed by atoms with Gasteiger partial charge in [-0.2, -0.15) is 8.42 Å². The first-order valence-electron chi connectivity index (χ1n) is 6.75. The minimum absolute atomic E-state index is 0.222. The van der Waals surface area contributed by atoms with Crippen LogP contribution in [0.25, 0.3) is 0 Å². The Kier molecular flexibility index (Phi) is 10.6. The zero-order valence-electron chi connectivity index (χ0n) is 13.6. The van der Waals surface area contributed by atoms with Gasteiger partial charge in [0.2, 0.25) is 0 Å². The molecule has 0 unspecified atom stereocenters. The zero-order chi connectivity index (χ0) is 17.9. The number of carbonyl (C=O) groups is 1. The van der Waals surface area contributed by atoms with E-state index in [2.05, 4.69) is 16.7 Å². The van der Waals surface area contributed by atoms with Crippen LogP contribution in [0.15, 0.2) is 29.2 Å². The first-order chi connectivity index (χ1) is 10.7. The van der Waals surface area contributed by atoms with E-state index >= 15 is 0 Å². The second-order valence-electron chi connectivity index (χ2n) is 4.44. The molecule has 0 heterocycles. The monoisotopic (exact) mass is 367 g/mol. The molecule has 0 saturated carbocycles. The highest BCUT2D eigenvalue weighted by Crippen LogP contribution is 2.16. The summed E-state index contributed by atoms with van der Waals surface area (Å²) in [5.41, 5.74) is 0. The molecule has 0 bridgehead atoms. The summed E-state index contributed by atoms with van der Waals surface area (Å²) in [5, 5.41) is 0. The highest BCUT2D eigenvalue weighted by molar-refractivity contribution is 7.95. The second kappa shape index (κ2) is 11.3. The summed E-state index contributed by atoms with van der Waals surface area (Å²) in [6.45, 7) is 2.46. The molecular weight excluding hydrogens is 344 g/mol. The molecule has 0 aliphatic rings. The highest BCUT2D eigenvalue weighted by Gasteiger charge is 2.10. The summed E-state index contributed by atoms with van der Waals surface area (Å²) in [6, 6.07) is 7.53. The minimum atomic E-state index is -4.16. The number of ether oxygens (including phenoxy) is 2. The van der Waals surface area contributed by atoms with Gasteiger partial charge in [-0.3, -0.25) is 8.74 Å². The molecule has 9 heteroatoms.